The molecule has 0 aromatic carbocycles. The van der Waals surface area contributed by atoms with Crippen molar-refractivity contribution in [2.24, 2.45) is 0 Å². The molecule has 0 aromatic heterocycles. The number of hydrogen-bond acceptors (Lipinski definition) is 6. The standard InChI is InChI=1S/C74H149N2O6P/c1-6-8-10-12-14-16-18-20-22-24-26-28-30-32-33-34-35-36-37-38-39-40-41-42-43-44-46-48-50-52-54-56-58-60-62-64-66-68-74(78)75-72(71-82-83(79,80)81-70-69-76(3,4)5)73(77)67-65-63-61-59-57-55-53-51-49-47-45-31-29-27-25-23-21-19-17-15-13-11-9-7-2/h65,67,72-73,77H,6-64,66,68-71H2,1-5H3,(H-,75,78,79,80)/b67-65+. The highest BCUT2D eigenvalue weighted by Crippen LogP contribution is 2.38. The van der Waals surface area contributed by atoms with Crippen LogP contribution in [0.25, 0.3) is 0 Å². The van der Waals surface area contributed by atoms with Crippen molar-refractivity contribution < 1.29 is 32.9 Å². The number of carbonyl (C=O) groups is 1. The molecule has 0 saturated carbocycles. The smallest absolute Gasteiger partial charge is 0.268 e. The van der Waals surface area contributed by atoms with E-state index in [0.29, 0.717) is 17.4 Å². The largest absolute Gasteiger partial charge is 0.756 e. The van der Waals surface area contributed by atoms with Gasteiger partial charge in [0.1, 0.15) is 13.2 Å². The molecule has 83 heavy (non-hydrogen) atoms. The van der Waals surface area contributed by atoms with E-state index in [1.807, 2.05) is 27.2 Å². The number of unbranched alkanes of at least 4 members (excludes halogenated alkanes) is 58. The highest BCUT2D eigenvalue weighted by Gasteiger charge is 2.23. The number of phosphoric ester groups is 1. The molecule has 496 valence electrons. The first kappa shape index (κ1) is 82.2. The maximum Gasteiger partial charge on any atom is 0.268 e. The van der Waals surface area contributed by atoms with Crippen molar-refractivity contribution in [2.45, 2.75) is 418 Å². The summed E-state index contributed by atoms with van der Waals surface area (Å²) in [4.78, 5) is 25.7. The molecule has 0 saturated heterocycles. The first-order valence-electron chi connectivity index (χ1n) is 37.6. The lowest BCUT2D eigenvalue weighted by Crippen LogP contribution is -2.45. The van der Waals surface area contributed by atoms with Gasteiger partial charge in [0.15, 0.2) is 0 Å². The summed E-state index contributed by atoms with van der Waals surface area (Å²) in [7, 11) is 1.29. The average Bonchev–Trinajstić information content (AvgIpc) is 3.50. The lowest BCUT2D eigenvalue weighted by Gasteiger charge is -2.29. The third kappa shape index (κ3) is 68.6. The van der Waals surface area contributed by atoms with Crippen LogP contribution in [-0.2, 0) is 18.4 Å². The Kier molecular flexibility index (Phi) is 65.1. The lowest BCUT2D eigenvalue weighted by molar-refractivity contribution is -0.870. The summed E-state index contributed by atoms with van der Waals surface area (Å²) in [6, 6.07) is -0.884. The number of amides is 1. The van der Waals surface area contributed by atoms with Crippen molar-refractivity contribution in [3.63, 3.8) is 0 Å². The van der Waals surface area contributed by atoms with Crippen LogP contribution in [0, 0.1) is 0 Å². The van der Waals surface area contributed by atoms with Gasteiger partial charge in [-0.25, -0.2) is 0 Å². The maximum absolute atomic E-state index is 13.1. The molecule has 2 N–H and O–H groups in total. The van der Waals surface area contributed by atoms with Crippen molar-refractivity contribution in [1.29, 1.82) is 0 Å². The third-order valence-corrected chi connectivity index (χ3v) is 18.7. The molecule has 0 aromatic rings. The molecule has 0 aliphatic carbocycles. The number of aliphatic hydroxyl groups is 1. The number of hydrogen-bond donors (Lipinski definition) is 2. The first-order chi connectivity index (χ1) is 40.5. The molecular weight excluding hydrogens is 1040 g/mol. The van der Waals surface area contributed by atoms with Crippen molar-refractivity contribution in [3.8, 4) is 0 Å². The van der Waals surface area contributed by atoms with Gasteiger partial charge in [-0.2, -0.15) is 0 Å². The van der Waals surface area contributed by atoms with E-state index in [2.05, 4.69) is 19.2 Å². The number of nitrogens with one attached hydrogen (secondary N) is 1. The third-order valence-electron chi connectivity index (χ3n) is 17.7. The second-order valence-electron chi connectivity index (χ2n) is 27.4. The summed E-state index contributed by atoms with van der Waals surface area (Å²) in [6.45, 7) is 4.73. The Morgan fingerprint density at radius 1 is 0.410 bits per heavy atom. The Hall–Kier alpha value is -0.760. The zero-order valence-corrected chi connectivity index (χ0v) is 57.8. The van der Waals surface area contributed by atoms with E-state index in [9.17, 15) is 19.4 Å². The molecule has 0 rings (SSSR count). The normalized spacial score (nSPS) is 13.6. The van der Waals surface area contributed by atoms with Crippen LogP contribution in [0.1, 0.15) is 406 Å². The van der Waals surface area contributed by atoms with E-state index >= 15 is 0 Å². The number of carbonyl (C=O) groups excluding carboxylic acids is 1. The van der Waals surface area contributed by atoms with Crippen LogP contribution >= 0.6 is 7.82 Å². The Morgan fingerprint density at radius 3 is 0.904 bits per heavy atom. The number of quaternary nitrogens is 1. The fourth-order valence-electron chi connectivity index (χ4n) is 11.9. The van der Waals surface area contributed by atoms with Crippen LogP contribution in [0.5, 0.6) is 0 Å². The predicted molar refractivity (Wildman–Crippen MR) is 362 cm³/mol. The Morgan fingerprint density at radius 2 is 0.651 bits per heavy atom. The van der Waals surface area contributed by atoms with E-state index in [1.54, 1.807) is 6.08 Å². The summed E-state index contributed by atoms with van der Waals surface area (Å²) in [5.41, 5.74) is 0. The van der Waals surface area contributed by atoms with Crippen LogP contribution in [0.4, 0.5) is 0 Å². The van der Waals surface area contributed by atoms with Gasteiger partial charge in [0.25, 0.3) is 7.82 Å². The van der Waals surface area contributed by atoms with E-state index in [0.717, 1.165) is 38.5 Å². The first-order valence-corrected chi connectivity index (χ1v) is 39.0. The quantitative estimate of drug-likeness (QED) is 0.0272. The van der Waals surface area contributed by atoms with Gasteiger partial charge in [0, 0.05) is 6.42 Å². The number of allylic oxidation sites excluding steroid dienone is 1. The van der Waals surface area contributed by atoms with Gasteiger partial charge in [-0.05, 0) is 19.3 Å². The molecule has 0 heterocycles. The fraction of sp³-hybridized carbons (Fsp3) is 0.959. The van der Waals surface area contributed by atoms with Crippen LogP contribution in [0.15, 0.2) is 12.2 Å². The van der Waals surface area contributed by atoms with E-state index < -0.39 is 20.0 Å². The zero-order chi connectivity index (χ0) is 60.5. The molecule has 0 spiro atoms. The molecule has 8 nitrogen and oxygen atoms in total. The van der Waals surface area contributed by atoms with Crippen LogP contribution in [0.3, 0.4) is 0 Å². The van der Waals surface area contributed by atoms with Crippen molar-refractivity contribution in [2.75, 3.05) is 40.9 Å². The number of rotatable bonds is 71. The van der Waals surface area contributed by atoms with Crippen molar-refractivity contribution in [3.05, 3.63) is 12.2 Å². The summed E-state index contributed by atoms with van der Waals surface area (Å²) < 4.78 is 23.5. The van der Waals surface area contributed by atoms with Gasteiger partial charge in [-0.1, -0.05) is 392 Å². The summed E-state index contributed by atoms with van der Waals surface area (Å²) in [5, 5.41) is 14.0. The molecule has 9 heteroatoms. The van der Waals surface area contributed by atoms with Gasteiger partial charge in [0.2, 0.25) is 5.91 Å². The molecule has 0 aliphatic rings. The summed E-state index contributed by atoms with van der Waals surface area (Å²) in [5.74, 6) is -0.186. The maximum atomic E-state index is 13.1. The number of likely N-dealkylation sites (N-methyl/N-ethyl adjacent to an activating group) is 1. The Labute approximate surface area is 520 Å². The highest BCUT2D eigenvalue weighted by molar-refractivity contribution is 7.45. The monoisotopic (exact) mass is 1190 g/mol. The summed E-state index contributed by atoms with van der Waals surface area (Å²) >= 11 is 0. The minimum Gasteiger partial charge on any atom is -0.756 e. The van der Waals surface area contributed by atoms with Crippen LogP contribution in [0.2, 0.25) is 0 Å². The topological polar surface area (TPSA) is 108 Å². The number of nitrogens with zero attached hydrogens (tertiary/aromatic N) is 1. The Bertz CT molecular complexity index is 1360. The highest BCUT2D eigenvalue weighted by atomic mass is 31.2. The van der Waals surface area contributed by atoms with E-state index in [-0.39, 0.29) is 19.1 Å². The van der Waals surface area contributed by atoms with Gasteiger partial charge in [-0.3, -0.25) is 9.36 Å². The second kappa shape index (κ2) is 65.7. The lowest BCUT2D eigenvalue weighted by atomic mass is 10.0. The summed E-state index contributed by atoms with van der Waals surface area (Å²) in [6.07, 6.45) is 85.1. The van der Waals surface area contributed by atoms with Crippen LogP contribution in [-0.4, -0.2) is 68.5 Å². The fourth-order valence-corrected chi connectivity index (χ4v) is 12.6. The minimum absolute atomic E-state index is 0.00304. The van der Waals surface area contributed by atoms with Gasteiger partial charge < -0.3 is 28.8 Å². The van der Waals surface area contributed by atoms with Gasteiger partial charge >= 0.3 is 0 Å². The molecule has 0 radical (unpaired) electrons. The molecule has 3 atom stereocenters. The molecule has 0 bridgehead atoms. The average molecular weight is 1190 g/mol. The van der Waals surface area contributed by atoms with Crippen molar-refractivity contribution in [1.82, 2.24) is 5.32 Å². The Balaban J connectivity index is 3.93. The van der Waals surface area contributed by atoms with Gasteiger partial charge in [-0.15, -0.1) is 0 Å². The number of phosphoric acid groups is 1. The minimum atomic E-state index is -4.60. The molecule has 0 fully saturated rings. The second-order valence-corrected chi connectivity index (χ2v) is 28.8. The molecular formula is C74H149N2O6P. The zero-order valence-electron chi connectivity index (χ0n) is 56.9. The predicted octanol–water partition coefficient (Wildman–Crippen LogP) is 23.4. The van der Waals surface area contributed by atoms with E-state index in [1.165, 1.54) is 347 Å². The van der Waals surface area contributed by atoms with Crippen LogP contribution < -0.4 is 10.2 Å². The molecule has 3 unspecified atom stereocenters. The number of aliphatic hydroxyl groups excluding tert-OH is 1. The van der Waals surface area contributed by atoms with E-state index in [4.69, 9.17) is 9.05 Å². The SMILES string of the molecule is CCCCCCCCCCCCCCCCCCCCCCCC/C=C/C(O)C(COP(=O)([O-])OCC[N+](C)(C)C)NC(=O)CCCCCCCCCCCCCCCCCCCCCCCCCCCCCCCCCCCCCCC. The van der Waals surface area contributed by atoms with Crippen molar-refractivity contribution >= 4 is 13.7 Å². The molecule has 0 aliphatic heterocycles. The van der Waals surface area contributed by atoms with Gasteiger partial charge in [0.05, 0.1) is 39.9 Å². The molecule has 1 amide bonds.